The highest BCUT2D eigenvalue weighted by molar-refractivity contribution is 5.71. The normalized spacial score (nSPS) is 22.1. The number of hydrogen-bond donors (Lipinski definition) is 0. The number of esters is 3. The Morgan fingerprint density at radius 1 is 0.912 bits per heavy atom. The molecule has 0 bridgehead atoms. The lowest BCUT2D eigenvalue weighted by Gasteiger charge is -2.40. The maximum absolute atomic E-state index is 12.4. The molecule has 1 heterocycles. The van der Waals surface area contributed by atoms with Crippen molar-refractivity contribution in [2.75, 3.05) is 33.4 Å². The molecule has 0 N–H and O–H groups in total. The minimum atomic E-state index is -1.04. The highest BCUT2D eigenvalue weighted by atomic mass is 16.7. The van der Waals surface area contributed by atoms with Crippen LogP contribution in [0.5, 0.6) is 0 Å². The summed E-state index contributed by atoms with van der Waals surface area (Å²) in [6.45, 7) is 7.30. The maximum atomic E-state index is 12.4. The molecule has 0 unspecified atom stereocenters. The Morgan fingerprint density at radius 3 is 2.03 bits per heavy atom. The molecule has 1 fully saturated rings. The summed E-state index contributed by atoms with van der Waals surface area (Å²) in [6, 6.07) is 0. The Morgan fingerprint density at radius 2 is 1.47 bits per heavy atom. The molecule has 0 amide bonds. The van der Waals surface area contributed by atoms with E-state index in [9.17, 15) is 14.4 Å². The summed E-state index contributed by atoms with van der Waals surface area (Å²) in [4.78, 5) is 38.9. The third kappa shape index (κ3) is 11.3. The van der Waals surface area contributed by atoms with Crippen molar-refractivity contribution < 1.29 is 38.1 Å². The first-order valence-corrected chi connectivity index (χ1v) is 12.3. The maximum Gasteiger partial charge on any atom is 0.306 e. The second kappa shape index (κ2) is 17.3. The van der Waals surface area contributed by atoms with E-state index in [1.54, 1.807) is 0 Å². The lowest BCUT2D eigenvalue weighted by molar-refractivity contribution is -0.282. The molecule has 1 rings (SSSR count). The van der Waals surface area contributed by atoms with Crippen LogP contribution >= 0.6 is 0 Å². The van der Waals surface area contributed by atoms with Gasteiger partial charge in [-0.25, -0.2) is 0 Å². The summed E-state index contributed by atoms with van der Waals surface area (Å²) in [5, 5.41) is 0. The molecule has 194 valence electrons. The standard InChI is InChI=1S/C25H41NO8/c1-6-12-20(27)32-19-18-31-25(30-17-11-10-16-26(5)15-9-4)24(34-22(29)14-8-3)23(19)33-21(28)13-7-2/h4,19,23-25H,6-8,10-18H2,1-3,5H3/t19-,23-,24+,25+/m0/s1. The van der Waals surface area contributed by atoms with Crippen LogP contribution in [0.15, 0.2) is 0 Å². The van der Waals surface area contributed by atoms with Gasteiger partial charge in [0.2, 0.25) is 0 Å². The first-order chi connectivity index (χ1) is 16.4. The number of nitrogens with zero attached hydrogens (tertiary/aromatic N) is 1. The minimum absolute atomic E-state index is 0.0308. The van der Waals surface area contributed by atoms with E-state index in [0.29, 0.717) is 32.4 Å². The van der Waals surface area contributed by atoms with E-state index in [1.807, 2.05) is 32.7 Å². The van der Waals surface area contributed by atoms with Crippen molar-refractivity contribution in [2.45, 2.75) is 96.7 Å². The Balaban J connectivity index is 2.92. The second-order valence-electron chi connectivity index (χ2n) is 8.41. The molecule has 1 aliphatic heterocycles. The summed E-state index contributed by atoms with van der Waals surface area (Å²) < 4.78 is 28.5. The Labute approximate surface area is 203 Å². The van der Waals surface area contributed by atoms with Gasteiger partial charge in [-0.15, -0.1) is 6.42 Å². The van der Waals surface area contributed by atoms with Gasteiger partial charge in [-0.3, -0.25) is 19.3 Å². The monoisotopic (exact) mass is 483 g/mol. The van der Waals surface area contributed by atoms with Crippen molar-refractivity contribution >= 4 is 17.9 Å². The molecule has 0 aliphatic carbocycles. The van der Waals surface area contributed by atoms with E-state index < -0.39 is 42.5 Å². The van der Waals surface area contributed by atoms with Gasteiger partial charge in [0.1, 0.15) is 0 Å². The largest absolute Gasteiger partial charge is 0.456 e. The predicted molar refractivity (Wildman–Crippen MR) is 126 cm³/mol. The fourth-order valence-corrected chi connectivity index (χ4v) is 3.44. The van der Waals surface area contributed by atoms with E-state index in [0.717, 1.165) is 19.4 Å². The summed E-state index contributed by atoms with van der Waals surface area (Å²) in [6.07, 6.45) is 5.44. The predicted octanol–water partition coefficient (Wildman–Crippen LogP) is 2.84. The van der Waals surface area contributed by atoms with Crippen LogP contribution in [0.25, 0.3) is 0 Å². The second-order valence-corrected chi connectivity index (χ2v) is 8.41. The van der Waals surface area contributed by atoms with Crippen LogP contribution in [0.2, 0.25) is 0 Å². The van der Waals surface area contributed by atoms with Crippen LogP contribution in [-0.2, 0) is 38.1 Å². The SMILES string of the molecule is C#CCN(C)CCCCO[C@@H]1OC[C@H](OC(=O)CCC)[C@H](OC(=O)CCC)[C@H]1OC(=O)CCC. The minimum Gasteiger partial charge on any atom is -0.456 e. The Hall–Kier alpha value is -2.15. The number of ether oxygens (including phenoxy) is 5. The third-order valence-electron chi connectivity index (χ3n) is 5.14. The first kappa shape index (κ1) is 29.9. The lowest BCUT2D eigenvalue weighted by atomic mass is 10.0. The Bertz CT molecular complexity index is 662. The fraction of sp³-hybridized carbons (Fsp3) is 0.800. The number of carbonyl (C=O) groups excluding carboxylic acids is 3. The molecule has 34 heavy (non-hydrogen) atoms. The number of rotatable bonds is 16. The van der Waals surface area contributed by atoms with E-state index >= 15 is 0 Å². The van der Waals surface area contributed by atoms with Gasteiger partial charge in [-0.05, 0) is 45.7 Å². The van der Waals surface area contributed by atoms with Gasteiger partial charge in [0.25, 0.3) is 0 Å². The van der Waals surface area contributed by atoms with Crippen molar-refractivity contribution in [2.24, 2.45) is 0 Å². The van der Waals surface area contributed by atoms with Gasteiger partial charge < -0.3 is 23.7 Å². The van der Waals surface area contributed by atoms with Crippen molar-refractivity contribution in [3.63, 3.8) is 0 Å². The molecule has 0 saturated carbocycles. The first-order valence-electron chi connectivity index (χ1n) is 12.3. The van der Waals surface area contributed by atoms with Gasteiger partial charge in [0, 0.05) is 25.9 Å². The smallest absolute Gasteiger partial charge is 0.306 e. The zero-order valence-corrected chi connectivity index (χ0v) is 21.1. The van der Waals surface area contributed by atoms with Crippen LogP contribution < -0.4 is 0 Å². The molecule has 0 aromatic heterocycles. The van der Waals surface area contributed by atoms with Crippen molar-refractivity contribution in [1.29, 1.82) is 0 Å². The highest BCUT2D eigenvalue weighted by Gasteiger charge is 2.48. The summed E-state index contributed by atoms with van der Waals surface area (Å²) in [5.41, 5.74) is 0. The molecule has 0 spiro atoms. The molecule has 9 heteroatoms. The van der Waals surface area contributed by atoms with E-state index in [4.69, 9.17) is 30.1 Å². The lowest BCUT2D eigenvalue weighted by Crippen LogP contribution is -2.58. The van der Waals surface area contributed by atoms with Crippen LogP contribution in [-0.4, -0.2) is 80.8 Å². The third-order valence-corrected chi connectivity index (χ3v) is 5.14. The summed E-state index contributed by atoms with van der Waals surface area (Å²) in [7, 11) is 1.95. The molecule has 4 atom stereocenters. The van der Waals surface area contributed by atoms with Crippen LogP contribution in [0.4, 0.5) is 0 Å². The van der Waals surface area contributed by atoms with Crippen LogP contribution in [0, 0.1) is 12.3 Å². The van der Waals surface area contributed by atoms with E-state index in [1.165, 1.54) is 0 Å². The van der Waals surface area contributed by atoms with E-state index in [2.05, 4.69) is 5.92 Å². The van der Waals surface area contributed by atoms with Gasteiger partial charge in [-0.1, -0.05) is 26.7 Å². The number of hydrogen-bond acceptors (Lipinski definition) is 9. The average molecular weight is 484 g/mol. The molecule has 1 saturated heterocycles. The van der Waals surface area contributed by atoms with E-state index in [-0.39, 0.29) is 25.9 Å². The number of carbonyl (C=O) groups is 3. The zero-order chi connectivity index (χ0) is 25.3. The van der Waals surface area contributed by atoms with Crippen molar-refractivity contribution in [1.82, 2.24) is 4.90 Å². The molecular formula is C25H41NO8. The topological polar surface area (TPSA) is 101 Å². The summed E-state index contributed by atoms with van der Waals surface area (Å²) >= 11 is 0. The van der Waals surface area contributed by atoms with Crippen molar-refractivity contribution in [3.05, 3.63) is 0 Å². The van der Waals surface area contributed by atoms with Gasteiger partial charge in [0.15, 0.2) is 24.6 Å². The van der Waals surface area contributed by atoms with Crippen LogP contribution in [0.1, 0.15) is 72.1 Å². The Kier molecular flexibility index (Phi) is 15.2. The fourth-order valence-electron chi connectivity index (χ4n) is 3.44. The molecule has 0 radical (unpaired) electrons. The van der Waals surface area contributed by atoms with Gasteiger partial charge in [0.05, 0.1) is 13.2 Å². The summed E-state index contributed by atoms with van der Waals surface area (Å²) in [5.74, 6) is 1.25. The number of terminal acetylenes is 1. The van der Waals surface area contributed by atoms with Crippen molar-refractivity contribution in [3.8, 4) is 12.3 Å². The van der Waals surface area contributed by atoms with Crippen LogP contribution in [0.3, 0.4) is 0 Å². The molecule has 0 aromatic carbocycles. The average Bonchev–Trinajstić information content (AvgIpc) is 2.77. The zero-order valence-electron chi connectivity index (χ0n) is 21.1. The molecule has 1 aliphatic rings. The highest BCUT2D eigenvalue weighted by Crippen LogP contribution is 2.26. The van der Waals surface area contributed by atoms with Gasteiger partial charge >= 0.3 is 17.9 Å². The quantitative estimate of drug-likeness (QED) is 0.142. The van der Waals surface area contributed by atoms with Gasteiger partial charge in [-0.2, -0.15) is 0 Å². The molecule has 0 aromatic rings. The molecule has 9 nitrogen and oxygen atoms in total. The molecular weight excluding hydrogens is 442 g/mol. The number of unbranched alkanes of at least 4 members (excludes halogenated alkanes) is 1.